The Bertz CT molecular complexity index is 884. The normalized spacial score (nSPS) is 18.0. The van der Waals surface area contributed by atoms with E-state index in [4.69, 9.17) is 14.0 Å². The summed E-state index contributed by atoms with van der Waals surface area (Å²) >= 11 is 0. The number of ether oxygens (including phenoxy) is 1. The van der Waals surface area contributed by atoms with Crippen molar-refractivity contribution in [3.8, 4) is 5.82 Å². The van der Waals surface area contributed by atoms with Crippen LogP contribution in [0.2, 0.25) is 0 Å². The smallest absolute Gasteiger partial charge is 0.444 e. The Morgan fingerprint density at radius 2 is 1.79 bits per heavy atom. The maximum atomic E-state index is 11.9. The lowest BCUT2D eigenvalue weighted by atomic mass is 9.79. The topological polar surface area (TPSA) is 87.5 Å². The Labute approximate surface area is 172 Å². The van der Waals surface area contributed by atoms with Crippen molar-refractivity contribution in [3.63, 3.8) is 0 Å². The number of nitrogens with one attached hydrogen (secondary N) is 1. The van der Waals surface area contributed by atoms with Crippen LogP contribution < -0.4 is 10.8 Å². The molecule has 8 nitrogen and oxygen atoms in total. The molecule has 0 aliphatic carbocycles. The second-order valence-corrected chi connectivity index (χ2v) is 9.23. The zero-order chi connectivity index (χ0) is 21.6. The first-order chi connectivity index (χ1) is 13.3. The minimum Gasteiger partial charge on any atom is -0.444 e. The van der Waals surface area contributed by atoms with Crippen LogP contribution in [0.3, 0.4) is 0 Å². The van der Waals surface area contributed by atoms with E-state index in [2.05, 4.69) is 15.4 Å². The van der Waals surface area contributed by atoms with E-state index < -0.39 is 30.0 Å². The quantitative estimate of drug-likeness (QED) is 0.797. The maximum absolute atomic E-state index is 11.9. The predicted molar refractivity (Wildman–Crippen MR) is 112 cm³/mol. The summed E-state index contributed by atoms with van der Waals surface area (Å²) in [5.41, 5.74) is 0.813. The van der Waals surface area contributed by atoms with Gasteiger partial charge < -0.3 is 14.0 Å². The van der Waals surface area contributed by atoms with Crippen molar-refractivity contribution in [2.75, 3.05) is 5.32 Å². The number of hydrogen-bond donors (Lipinski definition) is 1. The van der Waals surface area contributed by atoms with Crippen molar-refractivity contribution in [3.05, 3.63) is 30.2 Å². The van der Waals surface area contributed by atoms with E-state index in [9.17, 15) is 4.79 Å². The minimum absolute atomic E-state index is 0.417. The highest BCUT2D eigenvalue weighted by Crippen LogP contribution is 2.36. The fourth-order valence-corrected chi connectivity index (χ4v) is 2.81. The summed E-state index contributed by atoms with van der Waals surface area (Å²) in [6, 6.07) is 3.52. The van der Waals surface area contributed by atoms with Gasteiger partial charge in [-0.05, 0) is 67.5 Å². The molecule has 0 spiro atoms. The lowest BCUT2D eigenvalue weighted by Crippen LogP contribution is -2.41. The first-order valence-electron chi connectivity index (χ1n) is 9.66. The molecule has 0 aromatic carbocycles. The fourth-order valence-electron chi connectivity index (χ4n) is 2.81. The molecule has 1 aliphatic rings. The van der Waals surface area contributed by atoms with Gasteiger partial charge in [-0.3, -0.25) is 5.32 Å². The summed E-state index contributed by atoms with van der Waals surface area (Å²) in [4.78, 5) is 16.3. The molecule has 1 aliphatic heterocycles. The third-order valence-electron chi connectivity index (χ3n) is 5.07. The minimum atomic E-state index is -0.562. The number of carbonyl (C=O) groups is 1. The third kappa shape index (κ3) is 4.62. The Hall–Kier alpha value is -2.39. The second-order valence-electron chi connectivity index (χ2n) is 9.23. The predicted octanol–water partition coefficient (Wildman–Crippen LogP) is 3.22. The van der Waals surface area contributed by atoms with Gasteiger partial charge in [-0.15, -0.1) is 0 Å². The van der Waals surface area contributed by atoms with Gasteiger partial charge in [-0.1, -0.05) is 0 Å². The van der Waals surface area contributed by atoms with Crippen molar-refractivity contribution in [1.82, 2.24) is 14.8 Å². The van der Waals surface area contributed by atoms with E-state index >= 15 is 0 Å². The van der Waals surface area contributed by atoms with Crippen LogP contribution in [0.4, 0.5) is 10.5 Å². The Morgan fingerprint density at radius 3 is 2.31 bits per heavy atom. The van der Waals surface area contributed by atoms with Crippen LogP contribution in [-0.4, -0.2) is 44.8 Å². The number of hydrogen-bond acceptors (Lipinski definition) is 6. The number of amides is 1. The molecule has 0 bridgehead atoms. The number of pyridine rings is 1. The average Bonchev–Trinajstić information content (AvgIpc) is 3.03. The number of aromatic nitrogens is 3. The number of anilines is 1. The lowest BCUT2D eigenvalue weighted by Gasteiger charge is -2.32. The number of nitrogens with zero attached hydrogens (tertiary/aromatic N) is 3. The van der Waals surface area contributed by atoms with Crippen LogP contribution in [0, 0.1) is 6.92 Å². The molecule has 156 valence electrons. The Morgan fingerprint density at radius 1 is 1.17 bits per heavy atom. The Kier molecular flexibility index (Phi) is 5.25. The van der Waals surface area contributed by atoms with E-state index in [0.29, 0.717) is 11.5 Å². The zero-order valence-electron chi connectivity index (χ0n) is 18.4. The SMILES string of the molecule is Cc1nn(-c2ccc(NC(=O)OC(C)(C)C)cn2)cc1B1OC(C)(C)C(C)(C)O1. The molecule has 3 rings (SSSR count). The van der Waals surface area contributed by atoms with Crippen LogP contribution >= 0.6 is 0 Å². The first kappa shape index (κ1) is 21.3. The largest absolute Gasteiger partial charge is 0.498 e. The van der Waals surface area contributed by atoms with Crippen molar-refractivity contribution in [2.24, 2.45) is 0 Å². The average molecular weight is 400 g/mol. The van der Waals surface area contributed by atoms with Crippen molar-refractivity contribution < 1.29 is 18.8 Å². The monoisotopic (exact) mass is 400 g/mol. The second kappa shape index (κ2) is 7.14. The summed E-state index contributed by atoms with van der Waals surface area (Å²) in [5.74, 6) is 0.616. The first-order valence-corrected chi connectivity index (χ1v) is 9.66. The van der Waals surface area contributed by atoms with Gasteiger partial charge >= 0.3 is 13.2 Å². The van der Waals surface area contributed by atoms with Gasteiger partial charge in [0.1, 0.15) is 5.60 Å². The molecule has 0 unspecified atom stereocenters. The highest BCUT2D eigenvalue weighted by Gasteiger charge is 2.52. The van der Waals surface area contributed by atoms with Crippen LogP contribution in [-0.2, 0) is 14.0 Å². The van der Waals surface area contributed by atoms with Crippen molar-refractivity contribution >= 4 is 24.4 Å². The van der Waals surface area contributed by atoms with Gasteiger partial charge in [0.2, 0.25) is 0 Å². The van der Waals surface area contributed by atoms with E-state index in [0.717, 1.165) is 11.2 Å². The molecule has 1 amide bonds. The van der Waals surface area contributed by atoms with Crippen LogP contribution in [0.25, 0.3) is 5.82 Å². The summed E-state index contributed by atoms with van der Waals surface area (Å²) in [6.45, 7) is 15.4. The molecule has 1 fully saturated rings. The summed E-state index contributed by atoms with van der Waals surface area (Å²) in [7, 11) is -0.484. The highest BCUT2D eigenvalue weighted by molar-refractivity contribution is 6.62. The van der Waals surface area contributed by atoms with Gasteiger partial charge in [0.05, 0.1) is 28.8 Å². The van der Waals surface area contributed by atoms with Gasteiger partial charge in [0.15, 0.2) is 5.82 Å². The molecule has 2 aromatic heterocycles. The molecule has 29 heavy (non-hydrogen) atoms. The summed E-state index contributed by atoms with van der Waals surface area (Å²) < 4.78 is 19.2. The standard InChI is InChI=1S/C20H29BN4O4/c1-13-15(21-28-19(5,6)20(7,8)29-21)12-25(24-13)16-10-9-14(11-22-16)23-17(26)27-18(2,3)4/h9-12H,1-8H3,(H,23,26). The molecule has 0 radical (unpaired) electrons. The lowest BCUT2D eigenvalue weighted by molar-refractivity contribution is 0.00578. The van der Waals surface area contributed by atoms with E-state index in [-0.39, 0.29) is 0 Å². The molecule has 1 N–H and O–H groups in total. The molecular formula is C20H29BN4O4. The number of aryl methyl sites for hydroxylation is 1. The molecule has 2 aromatic rings. The van der Waals surface area contributed by atoms with Crippen molar-refractivity contribution in [2.45, 2.75) is 72.2 Å². The molecule has 9 heteroatoms. The molecule has 3 heterocycles. The Balaban J connectivity index is 1.74. The molecular weight excluding hydrogens is 371 g/mol. The van der Waals surface area contributed by atoms with E-state index in [1.165, 1.54) is 0 Å². The highest BCUT2D eigenvalue weighted by atomic mass is 16.7. The van der Waals surface area contributed by atoms with Crippen LogP contribution in [0.1, 0.15) is 54.2 Å². The van der Waals surface area contributed by atoms with Crippen LogP contribution in [0.5, 0.6) is 0 Å². The van der Waals surface area contributed by atoms with Gasteiger partial charge in [-0.25, -0.2) is 14.5 Å². The van der Waals surface area contributed by atoms with E-state index in [1.54, 1.807) is 23.0 Å². The third-order valence-corrected chi connectivity index (χ3v) is 5.07. The molecule has 1 saturated heterocycles. The van der Waals surface area contributed by atoms with Crippen LogP contribution in [0.15, 0.2) is 24.5 Å². The van der Waals surface area contributed by atoms with Gasteiger partial charge in [0.25, 0.3) is 0 Å². The van der Waals surface area contributed by atoms with E-state index in [1.807, 2.05) is 61.6 Å². The molecule has 0 atom stereocenters. The number of rotatable bonds is 3. The summed E-state index contributed by atoms with van der Waals surface area (Å²) in [6.07, 6.45) is 2.90. The fraction of sp³-hybridized carbons (Fsp3) is 0.550. The van der Waals surface area contributed by atoms with Gasteiger partial charge in [-0.2, -0.15) is 5.10 Å². The maximum Gasteiger partial charge on any atom is 0.498 e. The number of carbonyl (C=O) groups excluding carboxylic acids is 1. The summed E-state index contributed by atoms with van der Waals surface area (Å²) in [5, 5.41) is 7.21. The van der Waals surface area contributed by atoms with Crippen molar-refractivity contribution in [1.29, 1.82) is 0 Å². The molecule has 0 saturated carbocycles. The van der Waals surface area contributed by atoms with Gasteiger partial charge in [0, 0.05) is 11.7 Å². The zero-order valence-corrected chi connectivity index (χ0v) is 18.4.